The van der Waals surface area contributed by atoms with Crippen LogP contribution in [0.5, 0.6) is 0 Å². The Labute approximate surface area is 368 Å². The second-order valence-electron chi connectivity index (χ2n) is 18.4. The van der Waals surface area contributed by atoms with Crippen molar-refractivity contribution in [3.63, 3.8) is 0 Å². The van der Waals surface area contributed by atoms with E-state index in [4.69, 9.17) is 14.2 Å². The first kappa shape index (κ1) is 57.4. The number of carbonyl (C=O) groups excluding carboxylic acids is 3. The molecule has 0 aliphatic heterocycles. The van der Waals surface area contributed by atoms with E-state index in [1.165, 1.54) is 193 Å². The number of carbonyl (C=O) groups is 3. The summed E-state index contributed by atoms with van der Waals surface area (Å²) >= 11 is 0. The van der Waals surface area contributed by atoms with E-state index in [9.17, 15) is 14.4 Å². The maximum absolute atomic E-state index is 12.8. The summed E-state index contributed by atoms with van der Waals surface area (Å²) in [5, 5.41) is 0. The zero-order chi connectivity index (χ0) is 43.1. The van der Waals surface area contributed by atoms with Crippen LogP contribution in [0.3, 0.4) is 0 Å². The van der Waals surface area contributed by atoms with Crippen LogP contribution >= 0.6 is 0 Å². The van der Waals surface area contributed by atoms with Gasteiger partial charge in [0, 0.05) is 19.3 Å². The van der Waals surface area contributed by atoms with E-state index in [-0.39, 0.29) is 31.1 Å². The van der Waals surface area contributed by atoms with Crippen LogP contribution in [0.1, 0.15) is 297 Å². The van der Waals surface area contributed by atoms with Crippen molar-refractivity contribution in [1.82, 2.24) is 0 Å². The molecule has 0 bridgehead atoms. The predicted molar refractivity (Wildman–Crippen MR) is 252 cm³/mol. The van der Waals surface area contributed by atoms with Gasteiger partial charge in [0.1, 0.15) is 13.2 Å². The fourth-order valence-electron chi connectivity index (χ4n) is 8.01. The molecule has 0 aromatic carbocycles. The second kappa shape index (κ2) is 47.5. The van der Waals surface area contributed by atoms with Crippen molar-refractivity contribution in [3.8, 4) is 0 Å². The number of hydrogen-bond acceptors (Lipinski definition) is 6. The Hall–Kier alpha value is -1.59. The van der Waals surface area contributed by atoms with Gasteiger partial charge in [0.2, 0.25) is 0 Å². The Kier molecular flexibility index (Phi) is 46.2. The fourth-order valence-corrected chi connectivity index (χ4v) is 8.01. The van der Waals surface area contributed by atoms with Gasteiger partial charge in [0.25, 0.3) is 0 Å². The van der Waals surface area contributed by atoms with Crippen LogP contribution in [-0.2, 0) is 28.6 Å². The van der Waals surface area contributed by atoms with Gasteiger partial charge in [-0.1, -0.05) is 259 Å². The van der Waals surface area contributed by atoms with E-state index in [0.717, 1.165) is 63.7 Å². The van der Waals surface area contributed by atoms with Gasteiger partial charge in [0.15, 0.2) is 6.10 Å². The fraction of sp³-hybridized carbons (Fsp3) is 0.943. The van der Waals surface area contributed by atoms with Crippen molar-refractivity contribution < 1.29 is 28.6 Å². The van der Waals surface area contributed by atoms with Crippen LogP contribution in [0.15, 0.2) is 0 Å². The van der Waals surface area contributed by atoms with Gasteiger partial charge < -0.3 is 14.2 Å². The Morgan fingerprint density at radius 1 is 0.339 bits per heavy atom. The molecule has 1 unspecified atom stereocenters. The highest BCUT2D eigenvalue weighted by Crippen LogP contribution is 2.18. The van der Waals surface area contributed by atoms with Crippen LogP contribution in [0.25, 0.3) is 0 Å². The van der Waals surface area contributed by atoms with Crippen LogP contribution in [0, 0.1) is 5.92 Å². The van der Waals surface area contributed by atoms with Gasteiger partial charge in [-0.25, -0.2) is 0 Å². The van der Waals surface area contributed by atoms with Gasteiger partial charge in [-0.15, -0.1) is 0 Å². The molecule has 0 rings (SSSR count). The lowest BCUT2D eigenvalue weighted by Crippen LogP contribution is -2.30. The Morgan fingerprint density at radius 2 is 0.593 bits per heavy atom. The molecule has 0 saturated carbocycles. The molecule has 6 nitrogen and oxygen atoms in total. The lowest BCUT2D eigenvalue weighted by molar-refractivity contribution is -0.167. The summed E-state index contributed by atoms with van der Waals surface area (Å²) in [4.78, 5) is 38.0. The normalized spacial score (nSPS) is 12.4. The third-order valence-electron chi connectivity index (χ3n) is 12.4. The van der Waals surface area contributed by atoms with Crippen molar-refractivity contribution in [2.45, 2.75) is 303 Å². The van der Waals surface area contributed by atoms with E-state index in [1.54, 1.807) is 0 Å². The largest absolute Gasteiger partial charge is 0.462 e. The molecule has 6 heteroatoms. The third kappa shape index (κ3) is 45.8. The van der Waals surface area contributed by atoms with Crippen LogP contribution in [-0.4, -0.2) is 37.2 Å². The smallest absolute Gasteiger partial charge is 0.306 e. The molecule has 0 aliphatic rings. The summed E-state index contributed by atoms with van der Waals surface area (Å²) in [6, 6.07) is 0. The summed E-state index contributed by atoms with van der Waals surface area (Å²) in [5.41, 5.74) is 0. The lowest BCUT2D eigenvalue weighted by Gasteiger charge is -2.18. The molecule has 0 spiro atoms. The minimum Gasteiger partial charge on any atom is -0.462 e. The third-order valence-corrected chi connectivity index (χ3v) is 12.4. The molecular formula is C53H102O6. The zero-order valence-electron chi connectivity index (χ0n) is 40.2. The van der Waals surface area contributed by atoms with E-state index < -0.39 is 6.10 Å². The van der Waals surface area contributed by atoms with Crippen molar-refractivity contribution in [2.75, 3.05) is 13.2 Å². The molecule has 0 heterocycles. The summed E-state index contributed by atoms with van der Waals surface area (Å²) in [7, 11) is 0. The molecule has 0 radical (unpaired) electrons. The zero-order valence-corrected chi connectivity index (χ0v) is 40.2. The lowest BCUT2D eigenvalue weighted by atomic mass is 9.99. The number of unbranched alkanes of at least 4 members (excludes halogenated alkanes) is 34. The highest BCUT2D eigenvalue weighted by Gasteiger charge is 2.19. The van der Waals surface area contributed by atoms with Gasteiger partial charge in [-0.2, -0.15) is 0 Å². The minimum absolute atomic E-state index is 0.0626. The molecule has 0 aromatic rings. The molecule has 350 valence electrons. The van der Waals surface area contributed by atoms with Gasteiger partial charge in [-0.05, 0) is 25.2 Å². The monoisotopic (exact) mass is 835 g/mol. The van der Waals surface area contributed by atoms with Crippen molar-refractivity contribution in [2.24, 2.45) is 5.92 Å². The highest BCUT2D eigenvalue weighted by molar-refractivity contribution is 5.71. The van der Waals surface area contributed by atoms with Gasteiger partial charge >= 0.3 is 17.9 Å². The standard InChI is InChI=1S/C53H102O6/c1-5-8-10-12-14-16-18-20-22-24-30-34-38-42-46-53(56)59-50(47-57-51(54)44-40-36-32-28-23-21-19-17-15-13-11-9-6-2)48-58-52(55)45-41-37-33-29-26-25-27-31-35-39-43-49(4)7-3/h49-50H,5-48H2,1-4H3/t49?,50-/m1/s1. The Balaban J connectivity index is 4.32. The second-order valence-corrected chi connectivity index (χ2v) is 18.4. The average Bonchev–Trinajstić information content (AvgIpc) is 3.23. The maximum Gasteiger partial charge on any atom is 0.306 e. The molecule has 0 aliphatic carbocycles. The van der Waals surface area contributed by atoms with Crippen LogP contribution in [0.2, 0.25) is 0 Å². The Morgan fingerprint density at radius 3 is 0.881 bits per heavy atom. The number of ether oxygens (including phenoxy) is 3. The van der Waals surface area contributed by atoms with Gasteiger partial charge in [-0.3, -0.25) is 14.4 Å². The molecule has 59 heavy (non-hydrogen) atoms. The first-order chi connectivity index (χ1) is 28.9. The molecule has 0 amide bonds. The summed E-state index contributed by atoms with van der Waals surface area (Å²) in [6.07, 6.45) is 49.3. The molecule has 0 N–H and O–H groups in total. The highest BCUT2D eigenvalue weighted by atomic mass is 16.6. The first-order valence-corrected chi connectivity index (χ1v) is 26.4. The quantitative estimate of drug-likeness (QED) is 0.0345. The molecule has 0 aromatic heterocycles. The number of hydrogen-bond donors (Lipinski definition) is 0. The molecule has 2 atom stereocenters. The molecular weight excluding hydrogens is 733 g/mol. The van der Waals surface area contributed by atoms with E-state index in [0.29, 0.717) is 19.3 Å². The van der Waals surface area contributed by atoms with E-state index in [2.05, 4.69) is 27.7 Å². The van der Waals surface area contributed by atoms with Crippen molar-refractivity contribution in [3.05, 3.63) is 0 Å². The minimum atomic E-state index is -0.760. The first-order valence-electron chi connectivity index (χ1n) is 26.4. The summed E-state index contributed by atoms with van der Waals surface area (Å²) < 4.78 is 16.8. The SMILES string of the molecule is CCCCCCCCCCCCCCCCC(=O)O[C@H](COC(=O)CCCCCCCCCCCCCCC)COC(=O)CCCCCCCCCCCCC(C)CC. The van der Waals surface area contributed by atoms with E-state index >= 15 is 0 Å². The number of rotatable bonds is 48. The van der Waals surface area contributed by atoms with Crippen LogP contribution < -0.4 is 0 Å². The summed E-state index contributed by atoms with van der Waals surface area (Å²) in [6.45, 7) is 9.05. The predicted octanol–water partition coefficient (Wildman–Crippen LogP) is 17.1. The molecule has 0 saturated heterocycles. The van der Waals surface area contributed by atoms with Crippen LogP contribution in [0.4, 0.5) is 0 Å². The van der Waals surface area contributed by atoms with E-state index in [1.807, 2.05) is 0 Å². The van der Waals surface area contributed by atoms with Gasteiger partial charge in [0.05, 0.1) is 0 Å². The Bertz CT molecular complexity index is 889. The molecule has 0 fully saturated rings. The summed E-state index contributed by atoms with van der Waals surface area (Å²) in [5.74, 6) is 0.0272. The average molecular weight is 835 g/mol. The van der Waals surface area contributed by atoms with Crippen molar-refractivity contribution >= 4 is 17.9 Å². The number of esters is 3. The topological polar surface area (TPSA) is 78.9 Å². The van der Waals surface area contributed by atoms with Crippen molar-refractivity contribution in [1.29, 1.82) is 0 Å². The maximum atomic E-state index is 12.8.